The molecular formula is C11H7ClN2O3. The molecule has 0 radical (unpaired) electrons. The van der Waals surface area contributed by atoms with Crippen LogP contribution in [0.25, 0.3) is 0 Å². The molecule has 5 nitrogen and oxygen atoms in total. The van der Waals surface area contributed by atoms with E-state index in [-0.39, 0.29) is 5.88 Å². The highest BCUT2D eigenvalue weighted by atomic mass is 35.5. The normalized spacial score (nSPS) is 12.5. The Kier molecular flexibility index (Phi) is 2.09. The van der Waals surface area contributed by atoms with Gasteiger partial charge in [-0.2, -0.15) is 0 Å². The van der Waals surface area contributed by atoms with Crippen molar-refractivity contribution in [2.45, 2.75) is 6.42 Å². The molecule has 0 spiro atoms. The van der Waals surface area contributed by atoms with Crippen LogP contribution in [-0.4, -0.2) is 9.97 Å². The fourth-order valence-corrected chi connectivity index (χ4v) is 2.02. The molecule has 0 aliphatic carbocycles. The Morgan fingerprint density at radius 2 is 2.06 bits per heavy atom. The highest BCUT2D eigenvalue weighted by Gasteiger charge is 2.20. The van der Waals surface area contributed by atoms with E-state index >= 15 is 0 Å². The number of fused-ring (bicyclic) bond motifs is 2. The third-order valence-electron chi connectivity index (χ3n) is 2.60. The molecule has 1 aromatic heterocycles. The van der Waals surface area contributed by atoms with Crippen LogP contribution >= 0.6 is 11.6 Å². The van der Waals surface area contributed by atoms with Crippen LogP contribution in [0.1, 0.15) is 11.1 Å². The van der Waals surface area contributed by atoms with Crippen molar-refractivity contribution in [1.29, 1.82) is 0 Å². The average molecular weight is 251 g/mol. The summed E-state index contributed by atoms with van der Waals surface area (Å²) < 4.78 is 5.46. The molecular weight excluding hydrogens is 244 g/mol. The quantitative estimate of drug-likeness (QED) is 0.633. The van der Waals surface area contributed by atoms with Gasteiger partial charge in [-0.1, -0.05) is 11.6 Å². The molecule has 1 aromatic carbocycles. The molecule has 86 valence electrons. The summed E-state index contributed by atoms with van der Waals surface area (Å²) >= 11 is 5.87. The Morgan fingerprint density at radius 3 is 2.88 bits per heavy atom. The summed E-state index contributed by atoms with van der Waals surface area (Å²) in [7, 11) is 0. The van der Waals surface area contributed by atoms with Gasteiger partial charge < -0.3 is 4.74 Å². The topological polar surface area (TPSA) is 75.0 Å². The molecule has 17 heavy (non-hydrogen) atoms. The van der Waals surface area contributed by atoms with Crippen LogP contribution in [0.15, 0.2) is 27.8 Å². The van der Waals surface area contributed by atoms with Gasteiger partial charge in [-0.05, 0) is 18.2 Å². The van der Waals surface area contributed by atoms with E-state index in [0.717, 1.165) is 5.56 Å². The molecule has 2 N–H and O–H groups in total. The Labute approximate surface area is 100 Å². The summed E-state index contributed by atoms with van der Waals surface area (Å²) in [6, 6.07) is 5.14. The van der Waals surface area contributed by atoms with Gasteiger partial charge in [-0.3, -0.25) is 14.8 Å². The number of benzene rings is 1. The minimum absolute atomic E-state index is 0.202. The maximum atomic E-state index is 11.6. The Bertz CT molecular complexity index is 717. The molecule has 0 saturated carbocycles. The molecule has 0 amide bonds. The smallest absolute Gasteiger partial charge is 0.328 e. The van der Waals surface area contributed by atoms with Crippen LogP contribution in [0.4, 0.5) is 0 Å². The summed E-state index contributed by atoms with van der Waals surface area (Å²) in [6.45, 7) is 0. The molecule has 0 fully saturated rings. The number of rotatable bonds is 0. The number of hydrogen-bond acceptors (Lipinski definition) is 3. The van der Waals surface area contributed by atoms with Crippen molar-refractivity contribution in [3.05, 3.63) is 55.2 Å². The van der Waals surface area contributed by atoms with Crippen molar-refractivity contribution >= 4 is 11.6 Å². The van der Waals surface area contributed by atoms with Gasteiger partial charge >= 0.3 is 5.69 Å². The van der Waals surface area contributed by atoms with Gasteiger partial charge in [0, 0.05) is 17.0 Å². The molecule has 1 aliphatic rings. The van der Waals surface area contributed by atoms with Gasteiger partial charge in [0.2, 0.25) is 5.88 Å². The van der Waals surface area contributed by atoms with Gasteiger partial charge in [0.05, 0.1) is 5.56 Å². The third kappa shape index (κ3) is 1.64. The van der Waals surface area contributed by atoms with Crippen LogP contribution in [0.5, 0.6) is 11.6 Å². The molecule has 2 heterocycles. The second kappa shape index (κ2) is 3.49. The van der Waals surface area contributed by atoms with E-state index in [0.29, 0.717) is 22.8 Å². The standard InChI is InChI=1S/C11H7ClN2O3/c12-6-1-2-8-5(3-6)4-7-9(15)13-11(16)14-10(7)17-8/h1-3H,4H2,(H2,13,14,15,16). The SMILES string of the molecule is O=c1[nH]c2c(c(=O)[nH]1)Cc1cc(Cl)ccc1O2. The first-order chi connectivity index (χ1) is 8.13. The Morgan fingerprint density at radius 1 is 1.24 bits per heavy atom. The molecule has 0 saturated heterocycles. The minimum Gasteiger partial charge on any atom is -0.440 e. The number of aromatic nitrogens is 2. The lowest BCUT2D eigenvalue weighted by Gasteiger charge is -2.18. The lowest BCUT2D eigenvalue weighted by atomic mass is 10.0. The monoisotopic (exact) mass is 250 g/mol. The number of H-pyrrole nitrogens is 2. The van der Waals surface area contributed by atoms with E-state index < -0.39 is 11.2 Å². The highest BCUT2D eigenvalue weighted by molar-refractivity contribution is 6.30. The lowest BCUT2D eigenvalue weighted by molar-refractivity contribution is 0.435. The summed E-state index contributed by atoms with van der Waals surface area (Å²) in [5.41, 5.74) is 0.211. The first kappa shape index (κ1) is 10.2. The predicted molar refractivity (Wildman–Crippen MR) is 62.0 cm³/mol. The van der Waals surface area contributed by atoms with E-state index in [4.69, 9.17) is 16.3 Å². The van der Waals surface area contributed by atoms with Crippen LogP contribution in [-0.2, 0) is 6.42 Å². The van der Waals surface area contributed by atoms with Gasteiger partial charge in [-0.15, -0.1) is 0 Å². The zero-order valence-electron chi connectivity index (χ0n) is 8.54. The van der Waals surface area contributed by atoms with Gasteiger partial charge in [0.15, 0.2) is 0 Å². The molecule has 6 heteroatoms. The Balaban J connectivity index is 2.20. The van der Waals surface area contributed by atoms with Crippen LogP contribution in [0.3, 0.4) is 0 Å². The number of aromatic amines is 2. The second-order valence-electron chi connectivity index (χ2n) is 3.75. The Hall–Kier alpha value is -2.01. The average Bonchev–Trinajstić information content (AvgIpc) is 2.27. The van der Waals surface area contributed by atoms with E-state index in [1.54, 1.807) is 18.2 Å². The zero-order chi connectivity index (χ0) is 12.0. The van der Waals surface area contributed by atoms with E-state index in [1.807, 2.05) is 0 Å². The zero-order valence-corrected chi connectivity index (χ0v) is 9.30. The predicted octanol–water partition coefficient (Wildman–Crippen LogP) is 1.41. The van der Waals surface area contributed by atoms with Gasteiger partial charge in [0.25, 0.3) is 5.56 Å². The molecule has 1 aliphatic heterocycles. The van der Waals surface area contributed by atoms with E-state index in [2.05, 4.69) is 9.97 Å². The van der Waals surface area contributed by atoms with Crippen LogP contribution in [0.2, 0.25) is 5.02 Å². The number of hydrogen-bond donors (Lipinski definition) is 2. The second-order valence-corrected chi connectivity index (χ2v) is 4.18. The van der Waals surface area contributed by atoms with Crippen molar-refractivity contribution in [3.63, 3.8) is 0 Å². The maximum absolute atomic E-state index is 11.6. The van der Waals surface area contributed by atoms with Crippen molar-refractivity contribution < 1.29 is 4.74 Å². The van der Waals surface area contributed by atoms with Gasteiger partial charge in [-0.25, -0.2) is 4.79 Å². The lowest BCUT2D eigenvalue weighted by Crippen LogP contribution is -2.27. The number of ether oxygens (including phenoxy) is 1. The summed E-state index contributed by atoms with van der Waals surface area (Å²) in [4.78, 5) is 27.3. The molecule has 0 unspecified atom stereocenters. The molecule has 2 aromatic rings. The van der Waals surface area contributed by atoms with Gasteiger partial charge in [0.1, 0.15) is 5.75 Å². The highest BCUT2D eigenvalue weighted by Crippen LogP contribution is 2.34. The largest absolute Gasteiger partial charge is 0.440 e. The molecule has 0 atom stereocenters. The molecule has 0 bridgehead atoms. The van der Waals surface area contributed by atoms with Crippen molar-refractivity contribution in [3.8, 4) is 11.6 Å². The third-order valence-corrected chi connectivity index (χ3v) is 2.84. The van der Waals surface area contributed by atoms with Crippen LogP contribution in [0, 0.1) is 0 Å². The van der Waals surface area contributed by atoms with E-state index in [9.17, 15) is 9.59 Å². The van der Waals surface area contributed by atoms with E-state index in [1.165, 1.54) is 0 Å². The van der Waals surface area contributed by atoms with Crippen molar-refractivity contribution in [2.24, 2.45) is 0 Å². The fourth-order valence-electron chi connectivity index (χ4n) is 1.83. The summed E-state index contributed by atoms with van der Waals surface area (Å²) in [6.07, 6.45) is 0.386. The number of nitrogens with one attached hydrogen (secondary N) is 2. The first-order valence-corrected chi connectivity index (χ1v) is 5.33. The van der Waals surface area contributed by atoms with Crippen LogP contribution < -0.4 is 16.0 Å². The number of halogens is 1. The maximum Gasteiger partial charge on any atom is 0.328 e. The first-order valence-electron chi connectivity index (χ1n) is 4.95. The summed E-state index contributed by atoms with van der Waals surface area (Å²) in [5, 5.41) is 0.580. The summed E-state index contributed by atoms with van der Waals surface area (Å²) in [5.74, 6) is 0.803. The fraction of sp³-hybridized carbons (Fsp3) is 0.0909. The van der Waals surface area contributed by atoms with Crippen molar-refractivity contribution in [1.82, 2.24) is 9.97 Å². The van der Waals surface area contributed by atoms with Crippen molar-refractivity contribution in [2.75, 3.05) is 0 Å². The minimum atomic E-state index is -0.578. The molecule has 3 rings (SSSR count).